The second-order valence-corrected chi connectivity index (χ2v) is 7.85. The molecule has 1 fully saturated rings. The zero-order valence-corrected chi connectivity index (χ0v) is 12.2. The molecule has 0 aliphatic heterocycles. The van der Waals surface area contributed by atoms with Gasteiger partial charge in [0.1, 0.15) is 4.21 Å². The summed E-state index contributed by atoms with van der Waals surface area (Å²) in [5, 5.41) is 3.27. The molecule has 2 rings (SSSR count). The Balaban J connectivity index is 1.90. The zero-order chi connectivity index (χ0) is 13.0. The molecule has 2 N–H and O–H groups in total. The largest absolute Gasteiger partial charge is 0.312 e. The fourth-order valence-corrected chi connectivity index (χ4v) is 4.09. The lowest BCUT2D eigenvalue weighted by Crippen LogP contribution is -2.25. The van der Waals surface area contributed by atoms with Gasteiger partial charge in [-0.05, 0) is 43.9 Å². The molecule has 6 heteroatoms. The standard InChI is InChI=1S/C12H20N2O2S2/c1-2-7-13-9-11-5-6-12(17-11)18(15,16)14-8-10-3-4-10/h5-6,10,13-14H,2-4,7-9H2,1H3. The molecule has 1 aromatic rings. The van der Waals surface area contributed by atoms with Crippen molar-refractivity contribution in [2.24, 2.45) is 5.92 Å². The van der Waals surface area contributed by atoms with Crippen molar-refractivity contribution in [1.82, 2.24) is 10.0 Å². The first-order valence-corrected chi connectivity index (χ1v) is 8.71. The van der Waals surface area contributed by atoms with E-state index in [1.54, 1.807) is 6.07 Å². The van der Waals surface area contributed by atoms with Crippen LogP contribution in [0.4, 0.5) is 0 Å². The summed E-state index contributed by atoms with van der Waals surface area (Å²) in [5.74, 6) is 0.561. The summed E-state index contributed by atoms with van der Waals surface area (Å²) in [5.41, 5.74) is 0. The van der Waals surface area contributed by atoms with Crippen molar-refractivity contribution in [2.45, 2.75) is 36.9 Å². The molecule has 0 bridgehead atoms. The lowest BCUT2D eigenvalue weighted by atomic mass is 10.4. The van der Waals surface area contributed by atoms with E-state index in [1.807, 2.05) is 6.07 Å². The fraction of sp³-hybridized carbons (Fsp3) is 0.667. The van der Waals surface area contributed by atoms with E-state index in [-0.39, 0.29) is 0 Å². The van der Waals surface area contributed by atoms with Crippen LogP contribution in [0, 0.1) is 5.92 Å². The van der Waals surface area contributed by atoms with Gasteiger partial charge in [0.2, 0.25) is 10.0 Å². The summed E-state index contributed by atoms with van der Waals surface area (Å²) in [6, 6.07) is 3.59. The highest BCUT2D eigenvalue weighted by atomic mass is 32.2. The molecule has 0 spiro atoms. The van der Waals surface area contributed by atoms with E-state index in [2.05, 4.69) is 17.0 Å². The molecular weight excluding hydrogens is 268 g/mol. The number of sulfonamides is 1. The highest BCUT2D eigenvalue weighted by Gasteiger charge is 2.24. The third kappa shape index (κ3) is 4.05. The quantitative estimate of drug-likeness (QED) is 0.719. The Hall–Kier alpha value is -0.430. The van der Waals surface area contributed by atoms with Crippen LogP contribution in [0.15, 0.2) is 16.3 Å². The van der Waals surface area contributed by atoms with Crippen molar-refractivity contribution in [3.05, 3.63) is 17.0 Å². The minimum atomic E-state index is -3.28. The summed E-state index contributed by atoms with van der Waals surface area (Å²) >= 11 is 1.35. The van der Waals surface area contributed by atoms with E-state index in [4.69, 9.17) is 0 Å². The molecule has 0 amide bonds. The van der Waals surface area contributed by atoms with Gasteiger partial charge in [-0.3, -0.25) is 0 Å². The van der Waals surface area contributed by atoms with Crippen LogP contribution in [0.5, 0.6) is 0 Å². The zero-order valence-electron chi connectivity index (χ0n) is 10.6. The third-order valence-electron chi connectivity index (χ3n) is 2.89. The van der Waals surface area contributed by atoms with E-state index >= 15 is 0 Å². The van der Waals surface area contributed by atoms with Gasteiger partial charge in [-0.25, -0.2) is 13.1 Å². The maximum absolute atomic E-state index is 12.0. The molecule has 0 radical (unpaired) electrons. The van der Waals surface area contributed by atoms with Gasteiger partial charge in [0, 0.05) is 18.0 Å². The maximum Gasteiger partial charge on any atom is 0.250 e. The minimum Gasteiger partial charge on any atom is -0.312 e. The van der Waals surface area contributed by atoms with Crippen molar-refractivity contribution in [3.63, 3.8) is 0 Å². The first-order valence-electron chi connectivity index (χ1n) is 6.41. The lowest BCUT2D eigenvalue weighted by molar-refractivity contribution is 0.579. The average molecular weight is 288 g/mol. The molecule has 1 saturated carbocycles. The average Bonchev–Trinajstić information content (AvgIpc) is 3.05. The Bertz CT molecular complexity index is 478. The Morgan fingerprint density at radius 2 is 2.17 bits per heavy atom. The normalized spacial score (nSPS) is 16.1. The van der Waals surface area contributed by atoms with Gasteiger partial charge in [0.05, 0.1) is 0 Å². The van der Waals surface area contributed by atoms with Gasteiger partial charge >= 0.3 is 0 Å². The molecule has 4 nitrogen and oxygen atoms in total. The Morgan fingerprint density at radius 3 is 2.83 bits per heavy atom. The van der Waals surface area contributed by atoms with E-state index in [9.17, 15) is 8.42 Å². The van der Waals surface area contributed by atoms with Crippen LogP contribution in [0.2, 0.25) is 0 Å². The first-order chi connectivity index (χ1) is 8.62. The minimum absolute atomic E-state index is 0.427. The predicted octanol–water partition coefficient (Wildman–Crippen LogP) is 1.94. The van der Waals surface area contributed by atoms with E-state index < -0.39 is 10.0 Å². The van der Waals surface area contributed by atoms with E-state index in [0.29, 0.717) is 16.7 Å². The first kappa shape index (κ1) is 14.0. The van der Waals surface area contributed by atoms with Crippen molar-refractivity contribution >= 4 is 21.4 Å². The third-order valence-corrected chi connectivity index (χ3v) is 5.89. The summed E-state index contributed by atoms with van der Waals surface area (Å²) in [6.07, 6.45) is 3.39. The SMILES string of the molecule is CCCNCc1ccc(S(=O)(=O)NCC2CC2)s1. The van der Waals surface area contributed by atoms with E-state index in [0.717, 1.165) is 37.2 Å². The topological polar surface area (TPSA) is 58.2 Å². The van der Waals surface area contributed by atoms with Gasteiger partial charge < -0.3 is 5.32 Å². The molecule has 0 aromatic carbocycles. The second-order valence-electron chi connectivity index (χ2n) is 4.69. The number of rotatable bonds is 8. The molecule has 102 valence electrons. The van der Waals surface area contributed by atoms with Crippen LogP contribution in [0.3, 0.4) is 0 Å². The van der Waals surface area contributed by atoms with Crippen LogP contribution >= 0.6 is 11.3 Å². The number of thiophene rings is 1. The van der Waals surface area contributed by atoms with Gasteiger partial charge in [-0.1, -0.05) is 6.92 Å². The smallest absolute Gasteiger partial charge is 0.250 e. The summed E-state index contributed by atoms with van der Waals surface area (Å²) < 4.78 is 27.1. The molecule has 1 heterocycles. The van der Waals surface area contributed by atoms with Gasteiger partial charge in [0.25, 0.3) is 0 Å². The summed E-state index contributed by atoms with van der Waals surface area (Å²) in [6.45, 7) is 4.40. The van der Waals surface area contributed by atoms with Crippen molar-refractivity contribution < 1.29 is 8.42 Å². The second kappa shape index (κ2) is 6.14. The Kier molecular flexibility index (Phi) is 4.77. The number of hydrogen-bond acceptors (Lipinski definition) is 4. The summed E-state index contributed by atoms with van der Waals surface area (Å²) in [7, 11) is -3.28. The molecule has 1 aromatic heterocycles. The molecule has 1 aliphatic rings. The van der Waals surface area contributed by atoms with Crippen LogP contribution < -0.4 is 10.0 Å². The molecule has 0 unspecified atom stereocenters. The van der Waals surface area contributed by atoms with Gasteiger partial charge in [-0.2, -0.15) is 0 Å². The van der Waals surface area contributed by atoms with Crippen molar-refractivity contribution in [2.75, 3.05) is 13.1 Å². The van der Waals surface area contributed by atoms with Crippen LogP contribution in [-0.4, -0.2) is 21.5 Å². The Labute approximate surface area is 113 Å². The highest BCUT2D eigenvalue weighted by Crippen LogP contribution is 2.28. The number of nitrogens with one attached hydrogen (secondary N) is 2. The molecule has 18 heavy (non-hydrogen) atoms. The van der Waals surface area contributed by atoms with Gasteiger partial charge in [0.15, 0.2) is 0 Å². The van der Waals surface area contributed by atoms with Crippen LogP contribution in [-0.2, 0) is 16.6 Å². The molecule has 1 aliphatic carbocycles. The molecular formula is C12H20N2O2S2. The fourth-order valence-electron chi connectivity index (χ4n) is 1.61. The predicted molar refractivity (Wildman–Crippen MR) is 74.2 cm³/mol. The molecule has 0 atom stereocenters. The maximum atomic E-state index is 12.0. The van der Waals surface area contributed by atoms with Crippen LogP contribution in [0.25, 0.3) is 0 Å². The van der Waals surface area contributed by atoms with Crippen LogP contribution in [0.1, 0.15) is 31.1 Å². The molecule has 0 saturated heterocycles. The lowest BCUT2D eigenvalue weighted by Gasteiger charge is -2.03. The Morgan fingerprint density at radius 1 is 1.39 bits per heavy atom. The van der Waals surface area contributed by atoms with Crippen molar-refractivity contribution in [3.8, 4) is 0 Å². The van der Waals surface area contributed by atoms with E-state index in [1.165, 1.54) is 11.3 Å². The summed E-state index contributed by atoms with van der Waals surface area (Å²) in [4.78, 5) is 1.07. The highest BCUT2D eigenvalue weighted by molar-refractivity contribution is 7.91. The van der Waals surface area contributed by atoms with Gasteiger partial charge in [-0.15, -0.1) is 11.3 Å². The number of hydrogen-bond donors (Lipinski definition) is 2. The monoisotopic (exact) mass is 288 g/mol. The van der Waals surface area contributed by atoms with Crippen molar-refractivity contribution in [1.29, 1.82) is 0 Å².